The minimum Gasteiger partial charge on any atom is -0.381 e. The smallest absolute Gasteiger partial charge is 0.233 e. The molecule has 4 aliphatic heterocycles. The SMILES string of the molecule is Cc1nc([N+]2([C@@H]3CCNC3)CCC[C@@H]2C)ccc1N1CCC2(CCOCC2)C1=O. The molecule has 0 aliphatic carbocycles. The molecule has 1 amide bonds. The van der Waals surface area contributed by atoms with E-state index in [4.69, 9.17) is 9.72 Å². The Kier molecular flexibility index (Phi) is 4.92. The number of aromatic nitrogens is 1. The van der Waals surface area contributed by atoms with Gasteiger partial charge in [-0.25, -0.2) is 0 Å². The van der Waals surface area contributed by atoms with Crippen molar-refractivity contribution in [1.29, 1.82) is 0 Å². The van der Waals surface area contributed by atoms with Crippen LogP contribution in [0.3, 0.4) is 0 Å². The van der Waals surface area contributed by atoms with Crippen LogP contribution < -0.4 is 14.7 Å². The highest BCUT2D eigenvalue weighted by molar-refractivity contribution is 6.00. The molecular formula is C23H35N4O2+. The molecule has 6 heteroatoms. The Morgan fingerprint density at radius 3 is 2.72 bits per heavy atom. The van der Waals surface area contributed by atoms with E-state index in [2.05, 4.69) is 31.3 Å². The summed E-state index contributed by atoms with van der Waals surface area (Å²) < 4.78 is 6.54. The van der Waals surface area contributed by atoms with E-state index in [0.29, 0.717) is 25.3 Å². The van der Waals surface area contributed by atoms with E-state index >= 15 is 0 Å². The van der Waals surface area contributed by atoms with E-state index in [0.717, 1.165) is 54.8 Å². The minimum absolute atomic E-state index is 0.198. The van der Waals surface area contributed by atoms with Crippen molar-refractivity contribution < 1.29 is 9.53 Å². The van der Waals surface area contributed by atoms with Crippen LogP contribution in [0.2, 0.25) is 0 Å². The fraction of sp³-hybridized carbons (Fsp3) is 0.739. The second kappa shape index (κ2) is 7.33. The number of hydrogen-bond acceptors (Lipinski definition) is 4. The molecule has 5 heterocycles. The summed E-state index contributed by atoms with van der Waals surface area (Å²) in [7, 11) is 0. The summed E-state index contributed by atoms with van der Waals surface area (Å²) in [6.07, 6.45) is 6.44. The molecule has 5 rings (SSSR count). The molecule has 29 heavy (non-hydrogen) atoms. The third-order valence-electron chi connectivity index (χ3n) is 8.35. The van der Waals surface area contributed by atoms with Gasteiger partial charge in [0.2, 0.25) is 11.7 Å². The molecule has 6 nitrogen and oxygen atoms in total. The van der Waals surface area contributed by atoms with Crippen molar-refractivity contribution in [2.24, 2.45) is 5.41 Å². The number of anilines is 1. The number of pyridine rings is 1. The van der Waals surface area contributed by atoms with Gasteiger partial charge in [0.25, 0.3) is 0 Å². The molecule has 1 N–H and O–H groups in total. The van der Waals surface area contributed by atoms with Crippen molar-refractivity contribution in [2.75, 3.05) is 44.3 Å². The van der Waals surface area contributed by atoms with Crippen LogP contribution in [0.25, 0.3) is 0 Å². The lowest BCUT2D eigenvalue weighted by Crippen LogP contribution is -2.60. The number of aryl methyl sites for hydroxylation is 1. The van der Waals surface area contributed by atoms with Gasteiger partial charge in [-0.05, 0) is 39.2 Å². The Labute approximate surface area is 174 Å². The fourth-order valence-electron chi connectivity index (χ4n) is 6.54. The van der Waals surface area contributed by atoms with Gasteiger partial charge in [0.15, 0.2) is 0 Å². The quantitative estimate of drug-likeness (QED) is 0.794. The van der Waals surface area contributed by atoms with Gasteiger partial charge in [0.05, 0.1) is 29.4 Å². The molecule has 1 unspecified atom stereocenters. The summed E-state index contributed by atoms with van der Waals surface area (Å²) in [4.78, 5) is 20.5. The number of likely N-dealkylation sites (tertiary alicyclic amines) is 1. The van der Waals surface area contributed by atoms with Crippen LogP contribution in [-0.4, -0.2) is 62.4 Å². The summed E-state index contributed by atoms with van der Waals surface area (Å²) >= 11 is 0. The molecule has 1 aromatic rings. The van der Waals surface area contributed by atoms with Crippen LogP contribution in [0.5, 0.6) is 0 Å². The first-order valence-corrected chi connectivity index (χ1v) is 11.5. The predicted octanol–water partition coefficient (Wildman–Crippen LogP) is 2.78. The maximum absolute atomic E-state index is 13.3. The van der Waals surface area contributed by atoms with Crippen LogP contribution in [-0.2, 0) is 9.53 Å². The lowest BCUT2D eigenvalue weighted by atomic mass is 9.79. The Hall–Kier alpha value is -1.50. The Morgan fingerprint density at radius 1 is 1.24 bits per heavy atom. The summed E-state index contributed by atoms with van der Waals surface area (Å²) in [5.74, 6) is 1.49. The monoisotopic (exact) mass is 399 g/mol. The molecule has 0 aromatic carbocycles. The highest BCUT2D eigenvalue weighted by Crippen LogP contribution is 2.44. The summed E-state index contributed by atoms with van der Waals surface area (Å²) in [5, 5.41) is 3.57. The first kappa shape index (κ1) is 19.5. The van der Waals surface area contributed by atoms with E-state index in [1.54, 1.807) is 0 Å². The third kappa shape index (κ3) is 2.94. The normalized spacial score (nSPS) is 34.4. The zero-order valence-corrected chi connectivity index (χ0v) is 18.0. The number of nitrogens with zero attached hydrogens (tertiary/aromatic N) is 3. The summed E-state index contributed by atoms with van der Waals surface area (Å²) in [6, 6.07) is 5.63. The number of carbonyl (C=O) groups is 1. The first-order chi connectivity index (χ1) is 14.1. The van der Waals surface area contributed by atoms with Crippen molar-refractivity contribution in [3.05, 3.63) is 17.8 Å². The van der Waals surface area contributed by atoms with Crippen molar-refractivity contribution in [2.45, 2.75) is 64.5 Å². The highest BCUT2D eigenvalue weighted by Gasteiger charge is 2.50. The van der Waals surface area contributed by atoms with Gasteiger partial charge < -0.3 is 15.0 Å². The number of carbonyl (C=O) groups excluding carboxylic acids is 1. The van der Waals surface area contributed by atoms with Gasteiger partial charge in [-0.1, -0.05) is 0 Å². The van der Waals surface area contributed by atoms with Gasteiger partial charge >= 0.3 is 0 Å². The standard InChI is InChI=1S/C23H35N4O2/c1-17-4-3-13-27(17,19-7-11-24-16-19)21-6-5-20(18(2)25-21)26-12-8-23(22(26)28)9-14-29-15-10-23/h5-6,17,19,24H,3-4,7-16H2,1-2H3/q+1/t17-,19+,27?/m0/s1. The topological polar surface area (TPSA) is 54.5 Å². The van der Waals surface area contributed by atoms with Gasteiger partial charge in [0, 0.05) is 58.2 Å². The van der Waals surface area contributed by atoms with Crippen molar-refractivity contribution >= 4 is 17.4 Å². The molecule has 1 spiro atoms. The average molecular weight is 400 g/mol. The van der Waals surface area contributed by atoms with Gasteiger partial charge in [-0.2, -0.15) is 4.98 Å². The molecule has 4 aliphatic rings. The molecule has 0 saturated carbocycles. The molecule has 0 radical (unpaired) electrons. The van der Waals surface area contributed by atoms with Crippen molar-refractivity contribution in [3.63, 3.8) is 0 Å². The molecule has 158 valence electrons. The minimum atomic E-state index is -0.198. The lowest BCUT2D eigenvalue weighted by Gasteiger charge is -2.42. The number of rotatable bonds is 3. The Morgan fingerprint density at radius 2 is 2.07 bits per heavy atom. The molecule has 1 aromatic heterocycles. The second-order valence-electron chi connectivity index (χ2n) is 9.67. The van der Waals surface area contributed by atoms with Crippen LogP contribution in [0, 0.1) is 12.3 Å². The van der Waals surface area contributed by atoms with Crippen LogP contribution in [0.1, 0.15) is 51.1 Å². The molecule has 4 fully saturated rings. The van der Waals surface area contributed by atoms with E-state index in [1.807, 2.05) is 4.90 Å². The molecule has 4 saturated heterocycles. The summed E-state index contributed by atoms with van der Waals surface area (Å²) in [5.41, 5.74) is 1.81. The van der Waals surface area contributed by atoms with E-state index < -0.39 is 0 Å². The third-order valence-corrected chi connectivity index (χ3v) is 8.35. The van der Waals surface area contributed by atoms with Gasteiger partial charge in [-0.15, -0.1) is 0 Å². The van der Waals surface area contributed by atoms with E-state index in [1.165, 1.54) is 31.6 Å². The van der Waals surface area contributed by atoms with Gasteiger partial charge in [-0.3, -0.25) is 9.28 Å². The summed E-state index contributed by atoms with van der Waals surface area (Å²) in [6.45, 7) is 10.1. The number of amides is 1. The lowest BCUT2D eigenvalue weighted by molar-refractivity contribution is -0.130. The maximum Gasteiger partial charge on any atom is 0.233 e. The Bertz CT molecular complexity index is 785. The Balaban J connectivity index is 1.45. The molecule has 0 bridgehead atoms. The van der Waals surface area contributed by atoms with Gasteiger partial charge in [0.1, 0.15) is 6.04 Å². The largest absolute Gasteiger partial charge is 0.381 e. The zero-order valence-electron chi connectivity index (χ0n) is 18.0. The molecular weight excluding hydrogens is 364 g/mol. The second-order valence-corrected chi connectivity index (χ2v) is 9.67. The number of quaternary nitrogens is 1. The first-order valence-electron chi connectivity index (χ1n) is 11.5. The highest BCUT2D eigenvalue weighted by atomic mass is 16.5. The van der Waals surface area contributed by atoms with Crippen molar-refractivity contribution in [3.8, 4) is 0 Å². The maximum atomic E-state index is 13.3. The zero-order chi connectivity index (χ0) is 20.1. The fourth-order valence-corrected chi connectivity index (χ4v) is 6.54. The number of hydrogen-bond donors (Lipinski definition) is 1. The van der Waals surface area contributed by atoms with E-state index in [9.17, 15) is 4.79 Å². The van der Waals surface area contributed by atoms with Crippen molar-refractivity contribution in [1.82, 2.24) is 14.8 Å². The molecule has 3 atom stereocenters. The number of ether oxygens (including phenoxy) is 1. The average Bonchev–Trinajstić information content (AvgIpc) is 3.45. The predicted molar refractivity (Wildman–Crippen MR) is 115 cm³/mol. The van der Waals surface area contributed by atoms with E-state index in [-0.39, 0.29) is 11.3 Å². The van der Waals surface area contributed by atoms with Crippen LogP contribution in [0.15, 0.2) is 12.1 Å². The van der Waals surface area contributed by atoms with Crippen LogP contribution >= 0.6 is 0 Å². The van der Waals surface area contributed by atoms with Crippen LogP contribution in [0.4, 0.5) is 11.5 Å². The number of nitrogens with one attached hydrogen (secondary N) is 1.